The first kappa shape index (κ1) is 17.1. The largest absolute Gasteiger partial charge is 0.493 e. The Morgan fingerprint density at radius 1 is 1.22 bits per heavy atom. The van der Waals surface area contributed by atoms with E-state index in [-0.39, 0.29) is 17.9 Å². The molecule has 0 bridgehead atoms. The van der Waals surface area contributed by atoms with E-state index < -0.39 is 17.3 Å². The zero-order valence-corrected chi connectivity index (χ0v) is 13.5. The highest BCUT2D eigenvalue weighted by Gasteiger charge is 2.26. The van der Waals surface area contributed by atoms with Gasteiger partial charge in [0.15, 0.2) is 11.3 Å². The van der Waals surface area contributed by atoms with Gasteiger partial charge in [0, 0.05) is 12.1 Å². The Labute approximate surface area is 133 Å². The van der Waals surface area contributed by atoms with E-state index in [1.165, 1.54) is 40.2 Å². The number of hydrogen-bond donors (Lipinski definition) is 2. The van der Waals surface area contributed by atoms with Gasteiger partial charge in [0.1, 0.15) is 18.5 Å². The SMILES string of the molecule is COc1cc(OCC(O)C(C)(C)O)c2ccc(=O)oc2c1OC. The molecule has 0 radical (unpaired) electrons. The van der Waals surface area contributed by atoms with E-state index in [0.29, 0.717) is 16.9 Å². The highest BCUT2D eigenvalue weighted by atomic mass is 16.5. The van der Waals surface area contributed by atoms with Crippen LogP contribution >= 0.6 is 0 Å². The molecule has 0 saturated heterocycles. The van der Waals surface area contributed by atoms with E-state index >= 15 is 0 Å². The lowest BCUT2D eigenvalue weighted by atomic mass is 10.0. The van der Waals surface area contributed by atoms with Crippen LogP contribution in [0.4, 0.5) is 0 Å². The first-order valence-electron chi connectivity index (χ1n) is 7.00. The van der Waals surface area contributed by atoms with E-state index in [2.05, 4.69) is 0 Å². The van der Waals surface area contributed by atoms with Crippen molar-refractivity contribution in [2.45, 2.75) is 25.6 Å². The van der Waals surface area contributed by atoms with E-state index in [4.69, 9.17) is 18.6 Å². The molecular formula is C16H20O7. The van der Waals surface area contributed by atoms with Gasteiger partial charge in [-0.2, -0.15) is 0 Å². The summed E-state index contributed by atoms with van der Waals surface area (Å²) in [6.07, 6.45) is -1.10. The van der Waals surface area contributed by atoms with Crippen molar-refractivity contribution in [3.63, 3.8) is 0 Å². The van der Waals surface area contributed by atoms with E-state index in [0.717, 1.165) is 0 Å². The second kappa shape index (κ2) is 6.47. The molecule has 0 aliphatic carbocycles. The molecule has 126 valence electrons. The van der Waals surface area contributed by atoms with Gasteiger partial charge in [0.05, 0.1) is 25.2 Å². The second-order valence-electron chi connectivity index (χ2n) is 5.59. The van der Waals surface area contributed by atoms with Crippen molar-refractivity contribution < 1.29 is 28.8 Å². The van der Waals surface area contributed by atoms with Crippen molar-refractivity contribution in [2.24, 2.45) is 0 Å². The van der Waals surface area contributed by atoms with Gasteiger partial charge in [0.25, 0.3) is 0 Å². The Morgan fingerprint density at radius 2 is 1.91 bits per heavy atom. The van der Waals surface area contributed by atoms with Crippen molar-refractivity contribution in [1.82, 2.24) is 0 Å². The molecule has 7 nitrogen and oxygen atoms in total. The second-order valence-corrected chi connectivity index (χ2v) is 5.59. The molecule has 1 unspecified atom stereocenters. The normalized spacial score (nSPS) is 13.0. The fourth-order valence-electron chi connectivity index (χ4n) is 1.99. The van der Waals surface area contributed by atoms with Gasteiger partial charge >= 0.3 is 5.63 Å². The molecule has 1 aromatic carbocycles. The van der Waals surface area contributed by atoms with E-state index in [9.17, 15) is 15.0 Å². The number of benzene rings is 1. The van der Waals surface area contributed by atoms with E-state index in [1.54, 1.807) is 6.07 Å². The molecule has 0 saturated carbocycles. The maximum absolute atomic E-state index is 11.5. The lowest BCUT2D eigenvalue weighted by Gasteiger charge is -2.24. The molecule has 1 heterocycles. The summed E-state index contributed by atoms with van der Waals surface area (Å²) in [5.74, 6) is 0.933. The van der Waals surface area contributed by atoms with Gasteiger partial charge in [0.2, 0.25) is 5.75 Å². The van der Waals surface area contributed by atoms with Crippen molar-refractivity contribution in [1.29, 1.82) is 0 Å². The average molecular weight is 324 g/mol. The number of methoxy groups -OCH3 is 2. The third-order valence-electron chi connectivity index (χ3n) is 3.43. The zero-order valence-electron chi connectivity index (χ0n) is 13.5. The molecule has 0 aliphatic rings. The zero-order chi connectivity index (χ0) is 17.2. The van der Waals surface area contributed by atoms with Crippen LogP contribution < -0.4 is 19.8 Å². The van der Waals surface area contributed by atoms with Crippen LogP contribution in [0, 0.1) is 0 Å². The van der Waals surface area contributed by atoms with Crippen LogP contribution in [0.5, 0.6) is 17.2 Å². The minimum atomic E-state index is -1.31. The lowest BCUT2D eigenvalue weighted by molar-refractivity contribution is -0.0660. The maximum Gasteiger partial charge on any atom is 0.336 e. The minimum absolute atomic E-state index is 0.146. The highest BCUT2D eigenvalue weighted by molar-refractivity contribution is 5.91. The molecule has 23 heavy (non-hydrogen) atoms. The minimum Gasteiger partial charge on any atom is -0.493 e. The molecule has 1 aromatic heterocycles. The highest BCUT2D eigenvalue weighted by Crippen LogP contribution is 2.40. The van der Waals surface area contributed by atoms with Crippen LogP contribution in [0.15, 0.2) is 27.4 Å². The topological polar surface area (TPSA) is 98.4 Å². The van der Waals surface area contributed by atoms with Crippen LogP contribution in [0.2, 0.25) is 0 Å². The number of ether oxygens (including phenoxy) is 3. The summed E-state index contributed by atoms with van der Waals surface area (Å²) in [5.41, 5.74) is -1.66. The molecule has 7 heteroatoms. The Bertz CT molecular complexity index is 742. The molecule has 0 fully saturated rings. The summed E-state index contributed by atoms with van der Waals surface area (Å²) < 4.78 is 21.2. The van der Waals surface area contributed by atoms with Gasteiger partial charge in [-0.25, -0.2) is 4.79 Å². The van der Waals surface area contributed by atoms with Crippen LogP contribution in [0.1, 0.15) is 13.8 Å². The molecule has 0 amide bonds. The van der Waals surface area contributed by atoms with Crippen LogP contribution in [0.25, 0.3) is 11.0 Å². The summed E-state index contributed by atoms with van der Waals surface area (Å²) in [5, 5.41) is 20.1. The third-order valence-corrected chi connectivity index (χ3v) is 3.43. The number of rotatable bonds is 6. The predicted molar refractivity (Wildman–Crippen MR) is 83.4 cm³/mol. The number of hydrogen-bond acceptors (Lipinski definition) is 7. The van der Waals surface area contributed by atoms with Crippen molar-refractivity contribution in [2.75, 3.05) is 20.8 Å². The summed E-state index contributed by atoms with van der Waals surface area (Å²) in [6, 6.07) is 4.36. The Morgan fingerprint density at radius 3 is 2.48 bits per heavy atom. The van der Waals surface area contributed by atoms with Gasteiger partial charge in [-0.3, -0.25) is 0 Å². The van der Waals surface area contributed by atoms with Gasteiger partial charge < -0.3 is 28.8 Å². The molecule has 2 N–H and O–H groups in total. The van der Waals surface area contributed by atoms with Gasteiger partial charge in [-0.05, 0) is 19.9 Å². The van der Waals surface area contributed by atoms with Gasteiger partial charge in [-0.15, -0.1) is 0 Å². The first-order valence-corrected chi connectivity index (χ1v) is 7.00. The monoisotopic (exact) mass is 324 g/mol. The van der Waals surface area contributed by atoms with Crippen LogP contribution in [-0.4, -0.2) is 42.7 Å². The molecule has 1 atom stereocenters. The Hall–Kier alpha value is -2.25. The third kappa shape index (κ3) is 3.57. The molecule has 0 spiro atoms. The van der Waals surface area contributed by atoms with E-state index in [1.807, 2.05) is 0 Å². The first-order chi connectivity index (χ1) is 10.8. The fraction of sp³-hybridized carbons (Fsp3) is 0.438. The van der Waals surface area contributed by atoms with Crippen molar-refractivity contribution in [3.8, 4) is 17.2 Å². The lowest BCUT2D eigenvalue weighted by Crippen LogP contribution is -2.40. The summed E-state index contributed by atoms with van der Waals surface area (Å²) in [4.78, 5) is 11.5. The number of aliphatic hydroxyl groups is 2. The summed E-state index contributed by atoms with van der Waals surface area (Å²) in [6.45, 7) is 2.81. The van der Waals surface area contributed by atoms with Gasteiger partial charge in [-0.1, -0.05) is 0 Å². The molecular weight excluding hydrogens is 304 g/mol. The smallest absolute Gasteiger partial charge is 0.336 e. The van der Waals surface area contributed by atoms with Crippen molar-refractivity contribution >= 4 is 11.0 Å². The quantitative estimate of drug-likeness (QED) is 0.773. The molecule has 2 aromatic rings. The predicted octanol–water partition coefficient (Wildman–Crippen LogP) is 1.32. The number of fused-ring (bicyclic) bond motifs is 1. The number of aliphatic hydroxyl groups excluding tert-OH is 1. The Balaban J connectivity index is 2.49. The molecule has 2 rings (SSSR count). The standard InChI is InChI=1S/C16H20O7/c1-16(2,19)12(17)8-22-10-7-11(20-3)15(21-4)14-9(10)5-6-13(18)23-14/h5-7,12,17,19H,8H2,1-4H3. The summed E-state index contributed by atoms with van der Waals surface area (Å²) >= 11 is 0. The molecule has 0 aliphatic heterocycles. The Kier molecular flexibility index (Phi) is 4.82. The fourth-order valence-corrected chi connectivity index (χ4v) is 1.99. The van der Waals surface area contributed by atoms with Crippen LogP contribution in [0.3, 0.4) is 0 Å². The van der Waals surface area contributed by atoms with Crippen molar-refractivity contribution in [3.05, 3.63) is 28.6 Å². The maximum atomic E-state index is 11.5. The average Bonchev–Trinajstić information content (AvgIpc) is 2.50. The van der Waals surface area contributed by atoms with Crippen LogP contribution in [-0.2, 0) is 0 Å². The summed E-state index contributed by atoms with van der Waals surface area (Å²) in [7, 11) is 2.88.